The van der Waals surface area contributed by atoms with Crippen LogP contribution in [0.25, 0.3) is 0 Å². The van der Waals surface area contributed by atoms with E-state index in [1.54, 1.807) is 12.3 Å². The van der Waals surface area contributed by atoms with Crippen molar-refractivity contribution < 1.29 is 14.3 Å². The summed E-state index contributed by atoms with van der Waals surface area (Å²) in [6.45, 7) is 2.60. The molecule has 0 aliphatic heterocycles. The number of amides is 1. The van der Waals surface area contributed by atoms with Gasteiger partial charge in [0.2, 0.25) is 0 Å². The lowest BCUT2D eigenvalue weighted by Gasteiger charge is -2.15. The van der Waals surface area contributed by atoms with Crippen molar-refractivity contribution in [1.82, 2.24) is 9.78 Å². The average molecular weight is 343 g/mol. The Labute approximate surface area is 148 Å². The van der Waals surface area contributed by atoms with E-state index in [4.69, 9.17) is 9.47 Å². The molecule has 1 saturated carbocycles. The quantitative estimate of drug-likeness (QED) is 0.792. The summed E-state index contributed by atoms with van der Waals surface area (Å²) in [6, 6.07) is 9.61. The van der Waals surface area contributed by atoms with E-state index in [0.29, 0.717) is 24.1 Å². The summed E-state index contributed by atoms with van der Waals surface area (Å²) in [7, 11) is 0. The maximum Gasteiger partial charge on any atom is 0.263 e. The van der Waals surface area contributed by atoms with Crippen molar-refractivity contribution in [3.05, 3.63) is 36.5 Å². The first-order chi connectivity index (χ1) is 12.3. The predicted molar refractivity (Wildman–Crippen MR) is 96.1 cm³/mol. The molecule has 0 bridgehead atoms. The molecule has 0 radical (unpaired) electrons. The van der Waals surface area contributed by atoms with Gasteiger partial charge in [0.1, 0.15) is 5.82 Å². The number of hydrogen-bond donors (Lipinski definition) is 1. The Morgan fingerprint density at radius 2 is 1.92 bits per heavy atom. The number of anilines is 1. The molecule has 6 heteroatoms. The summed E-state index contributed by atoms with van der Waals surface area (Å²) in [5.41, 5.74) is 0. The smallest absolute Gasteiger partial charge is 0.263 e. The summed E-state index contributed by atoms with van der Waals surface area (Å²) in [4.78, 5) is 12.3. The van der Waals surface area contributed by atoms with Crippen molar-refractivity contribution in [3.8, 4) is 11.5 Å². The minimum atomic E-state index is -0.204. The second-order valence-electron chi connectivity index (χ2n) is 6.23. The number of carbonyl (C=O) groups is 1. The summed E-state index contributed by atoms with van der Waals surface area (Å²) < 4.78 is 13.2. The number of ether oxygens (including phenoxy) is 2. The maximum absolute atomic E-state index is 12.3. The van der Waals surface area contributed by atoms with Crippen LogP contribution in [-0.2, 0) is 4.79 Å². The standard InChI is InChI=1S/C19H25N3O3/c1-2-13-24-16-9-5-6-10-17(16)25-14-19(23)21-18-11-12-20-22(18)15-7-3-4-8-15/h5-6,9-12,15H,2-4,7-8,13-14H2,1H3,(H,21,23). The third-order valence-corrected chi connectivity index (χ3v) is 4.28. The third-order valence-electron chi connectivity index (χ3n) is 4.28. The van der Waals surface area contributed by atoms with Crippen LogP contribution in [0, 0.1) is 0 Å². The van der Waals surface area contributed by atoms with Gasteiger partial charge in [-0.3, -0.25) is 4.79 Å². The lowest BCUT2D eigenvalue weighted by molar-refractivity contribution is -0.118. The Morgan fingerprint density at radius 3 is 2.64 bits per heavy atom. The second kappa shape index (κ2) is 8.55. The lowest BCUT2D eigenvalue weighted by atomic mass is 10.2. The first kappa shape index (κ1) is 17.3. The van der Waals surface area contributed by atoms with Gasteiger partial charge < -0.3 is 14.8 Å². The van der Waals surface area contributed by atoms with Crippen LogP contribution in [0.15, 0.2) is 36.5 Å². The second-order valence-corrected chi connectivity index (χ2v) is 6.23. The molecular formula is C19H25N3O3. The van der Waals surface area contributed by atoms with Gasteiger partial charge in [-0.25, -0.2) is 4.68 Å². The van der Waals surface area contributed by atoms with E-state index in [2.05, 4.69) is 10.4 Å². The molecule has 1 N–H and O–H groups in total. The van der Waals surface area contributed by atoms with E-state index in [1.807, 2.05) is 35.9 Å². The van der Waals surface area contributed by atoms with Gasteiger partial charge in [0.25, 0.3) is 5.91 Å². The highest BCUT2D eigenvalue weighted by Crippen LogP contribution is 2.31. The molecule has 0 atom stereocenters. The van der Waals surface area contributed by atoms with E-state index in [-0.39, 0.29) is 12.5 Å². The Kier molecular flexibility index (Phi) is 5.93. The highest BCUT2D eigenvalue weighted by atomic mass is 16.5. The Morgan fingerprint density at radius 1 is 1.20 bits per heavy atom. The minimum Gasteiger partial charge on any atom is -0.490 e. The highest BCUT2D eigenvalue weighted by Gasteiger charge is 2.20. The Balaban J connectivity index is 1.56. The average Bonchev–Trinajstić information content (AvgIpc) is 3.30. The van der Waals surface area contributed by atoms with Crippen molar-refractivity contribution >= 4 is 11.7 Å². The van der Waals surface area contributed by atoms with Crippen LogP contribution in [0.2, 0.25) is 0 Å². The van der Waals surface area contributed by atoms with Crippen molar-refractivity contribution in [1.29, 1.82) is 0 Å². The number of nitrogens with zero attached hydrogens (tertiary/aromatic N) is 2. The number of rotatable bonds is 8. The SMILES string of the molecule is CCCOc1ccccc1OCC(=O)Nc1ccnn1C1CCCC1. The number of para-hydroxylation sites is 2. The first-order valence-electron chi connectivity index (χ1n) is 8.96. The van der Waals surface area contributed by atoms with Crippen LogP contribution >= 0.6 is 0 Å². The zero-order valence-corrected chi connectivity index (χ0v) is 14.6. The van der Waals surface area contributed by atoms with Gasteiger partial charge in [-0.05, 0) is 31.4 Å². The largest absolute Gasteiger partial charge is 0.490 e. The molecule has 1 aromatic heterocycles. The van der Waals surface area contributed by atoms with E-state index in [1.165, 1.54) is 12.8 Å². The lowest BCUT2D eigenvalue weighted by Crippen LogP contribution is -2.23. The third kappa shape index (κ3) is 4.53. The molecule has 1 aliphatic rings. The molecule has 0 saturated heterocycles. The summed E-state index contributed by atoms with van der Waals surface area (Å²) in [5.74, 6) is 1.77. The van der Waals surface area contributed by atoms with Gasteiger partial charge in [0.05, 0.1) is 18.8 Å². The Hall–Kier alpha value is -2.50. The van der Waals surface area contributed by atoms with Gasteiger partial charge in [0, 0.05) is 6.07 Å². The number of aromatic nitrogens is 2. The van der Waals surface area contributed by atoms with Crippen molar-refractivity contribution in [3.63, 3.8) is 0 Å². The molecule has 0 spiro atoms. The fraction of sp³-hybridized carbons (Fsp3) is 0.474. The predicted octanol–water partition coefficient (Wildman–Crippen LogP) is 3.80. The van der Waals surface area contributed by atoms with Crippen LogP contribution in [0.5, 0.6) is 11.5 Å². The molecule has 2 aromatic rings. The summed E-state index contributed by atoms with van der Waals surface area (Å²) in [5, 5.41) is 7.25. The number of hydrogen-bond acceptors (Lipinski definition) is 4. The topological polar surface area (TPSA) is 65.4 Å². The van der Waals surface area contributed by atoms with Crippen molar-refractivity contribution in [2.24, 2.45) is 0 Å². The molecule has 134 valence electrons. The zero-order chi connectivity index (χ0) is 17.5. The van der Waals surface area contributed by atoms with Crippen molar-refractivity contribution in [2.75, 3.05) is 18.5 Å². The van der Waals surface area contributed by atoms with Gasteiger partial charge >= 0.3 is 0 Å². The van der Waals surface area contributed by atoms with Gasteiger partial charge in [-0.2, -0.15) is 5.10 Å². The number of carbonyl (C=O) groups excluding carboxylic acids is 1. The van der Waals surface area contributed by atoms with E-state index >= 15 is 0 Å². The first-order valence-corrected chi connectivity index (χ1v) is 8.96. The van der Waals surface area contributed by atoms with Crippen molar-refractivity contribution in [2.45, 2.75) is 45.1 Å². The van der Waals surface area contributed by atoms with E-state index in [0.717, 1.165) is 25.1 Å². The molecular weight excluding hydrogens is 318 g/mol. The fourth-order valence-electron chi connectivity index (χ4n) is 3.08. The monoisotopic (exact) mass is 343 g/mol. The van der Waals surface area contributed by atoms with Gasteiger partial charge in [-0.15, -0.1) is 0 Å². The number of nitrogens with one attached hydrogen (secondary N) is 1. The van der Waals surface area contributed by atoms with Crippen LogP contribution in [-0.4, -0.2) is 28.9 Å². The summed E-state index contributed by atoms with van der Waals surface area (Å²) in [6.07, 6.45) is 7.31. The van der Waals surface area contributed by atoms with Crippen LogP contribution in [0.3, 0.4) is 0 Å². The van der Waals surface area contributed by atoms with Gasteiger partial charge in [0.15, 0.2) is 18.1 Å². The molecule has 1 aliphatic carbocycles. The molecule has 1 aromatic carbocycles. The Bertz CT molecular complexity index is 693. The minimum absolute atomic E-state index is 0.0671. The number of benzene rings is 1. The zero-order valence-electron chi connectivity index (χ0n) is 14.6. The normalized spacial score (nSPS) is 14.4. The fourth-order valence-corrected chi connectivity index (χ4v) is 3.08. The molecule has 1 heterocycles. The highest BCUT2D eigenvalue weighted by molar-refractivity contribution is 5.91. The van der Waals surface area contributed by atoms with E-state index < -0.39 is 0 Å². The molecule has 3 rings (SSSR count). The van der Waals surface area contributed by atoms with Crippen LogP contribution in [0.1, 0.15) is 45.1 Å². The van der Waals surface area contributed by atoms with Crippen LogP contribution < -0.4 is 14.8 Å². The van der Waals surface area contributed by atoms with Gasteiger partial charge in [-0.1, -0.05) is 31.9 Å². The maximum atomic E-state index is 12.3. The molecule has 1 fully saturated rings. The summed E-state index contributed by atoms with van der Waals surface area (Å²) >= 11 is 0. The van der Waals surface area contributed by atoms with Crippen LogP contribution in [0.4, 0.5) is 5.82 Å². The molecule has 6 nitrogen and oxygen atoms in total. The molecule has 25 heavy (non-hydrogen) atoms. The molecule has 0 unspecified atom stereocenters. The van der Waals surface area contributed by atoms with E-state index in [9.17, 15) is 4.79 Å². The molecule has 1 amide bonds.